The quantitative estimate of drug-likeness (QED) is 0.668. The molecule has 0 heterocycles. The first-order valence-electron chi connectivity index (χ1n) is 7.55. The van der Waals surface area contributed by atoms with Crippen LogP contribution in [0.15, 0.2) is 29.2 Å². The molecule has 7 nitrogen and oxygen atoms in total. The van der Waals surface area contributed by atoms with E-state index in [1.807, 2.05) is 6.26 Å². The van der Waals surface area contributed by atoms with Gasteiger partial charge < -0.3 is 0 Å². The molecule has 0 spiro atoms. The molecule has 0 radical (unpaired) electrons. The van der Waals surface area contributed by atoms with Crippen molar-refractivity contribution in [3.05, 3.63) is 29.8 Å². The molecule has 2 amide bonds. The van der Waals surface area contributed by atoms with Crippen LogP contribution in [-0.4, -0.2) is 49.6 Å². The molecule has 0 aromatic heterocycles. The van der Waals surface area contributed by atoms with Crippen LogP contribution in [0.1, 0.15) is 30.6 Å². The summed E-state index contributed by atoms with van der Waals surface area (Å²) in [5.41, 5.74) is 4.76. The second kappa shape index (κ2) is 9.65. The van der Waals surface area contributed by atoms with Crippen molar-refractivity contribution in [3.8, 4) is 0 Å². The van der Waals surface area contributed by atoms with Crippen LogP contribution in [0.5, 0.6) is 0 Å². The van der Waals surface area contributed by atoms with Crippen LogP contribution in [0.2, 0.25) is 0 Å². The fourth-order valence-electron chi connectivity index (χ4n) is 1.97. The predicted octanol–water partition coefficient (Wildman–Crippen LogP) is 1.23. The number of nitrogens with zero attached hydrogens (tertiary/aromatic N) is 1. The molecular formula is C15H23N3O4S2. The Morgan fingerprint density at radius 3 is 2.42 bits per heavy atom. The number of thioether (sulfide) groups is 1. The maximum atomic E-state index is 12.5. The maximum Gasteiger partial charge on any atom is 0.269 e. The van der Waals surface area contributed by atoms with Crippen molar-refractivity contribution in [3.63, 3.8) is 0 Å². The number of nitrogens with one attached hydrogen (secondary N) is 2. The topological polar surface area (TPSA) is 95.6 Å². The highest BCUT2D eigenvalue weighted by Crippen LogP contribution is 2.16. The first-order chi connectivity index (χ1) is 11.4. The van der Waals surface area contributed by atoms with Crippen LogP contribution in [0.25, 0.3) is 0 Å². The second-order valence-corrected chi connectivity index (χ2v) is 7.79. The Morgan fingerprint density at radius 1 is 1.17 bits per heavy atom. The fraction of sp³-hybridized carbons (Fsp3) is 0.467. The van der Waals surface area contributed by atoms with Gasteiger partial charge in [0.2, 0.25) is 15.9 Å². The van der Waals surface area contributed by atoms with Crippen molar-refractivity contribution in [2.45, 2.75) is 25.2 Å². The van der Waals surface area contributed by atoms with Gasteiger partial charge in [-0.2, -0.15) is 16.1 Å². The van der Waals surface area contributed by atoms with Crippen LogP contribution >= 0.6 is 11.8 Å². The summed E-state index contributed by atoms with van der Waals surface area (Å²) in [5.74, 6) is -0.215. The van der Waals surface area contributed by atoms with Gasteiger partial charge in [0.15, 0.2) is 0 Å². The van der Waals surface area contributed by atoms with Gasteiger partial charge in [0.1, 0.15) is 0 Å². The van der Waals surface area contributed by atoms with Gasteiger partial charge in [0.05, 0.1) is 4.90 Å². The smallest absolute Gasteiger partial charge is 0.269 e. The van der Waals surface area contributed by atoms with E-state index in [4.69, 9.17) is 0 Å². The molecular weight excluding hydrogens is 350 g/mol. The summed E-state index contributed by atoms with van der Waals surface area (Å²) in [6.07, 6.45) is 2.17. The summed E-state index contributed by atoms with van der Waals surface area (Å²) in [4.78, 5) is 23.6. The zero-order valence-electron chi connectivity index (χ0n) is 14.0. The number of sulfonamides is 1. The third-order valence-corrected chi connectivity index (χ3v) is 5.95. The largest absolute Gasteiger partial charge is 0.273 e. The highest BCUT2D eigenvalue weighted by atomic mass is 32.2. The average molecular weight is 374 g/mol. The first-order valence-corrected chi connectivity index (χ1v) is 10.4. The summed E-state index contributed by atoms with van der Waals surface area (Å²) in [7, 11) is -3.64. The van der Waals surface area contributed by atoms with Crippen LogP contribution in [0.3, 0.4) is 0 Å². The molecule has 1 aromatic rings. The second-order valence-electron chi connectivity index (χ2n) is 4.86. The van der Waals surface area contributed by atoms with Gasteiger partial charge in [-0.1, -0.05) is 19.9 Å². The van der Waals surface area contributed by atoms with E-state index in [2.05, 4.69) is 10.9 Å². The Hall–Kier alpha value is -1.58. The SMILES string of the molecule is CCN(CC)S(=O)(=O)c1cccc(C(=O)NNC(=O)CCSC)c1. The lowest BCUT2D eigenvalue weighted by Gasteiger charge is -2.18. The number of carbonyl (C=O) groups is 2. The summed E-state index contributed by atoms with van der Waals surface area (Å²) in [6.45, 7) is 4.20. The number of carbonyl (C=O) groups excluding carboxylic acids is 2. The first kappa shape index (κ1) is 20.5. The molecule has 0 saturated heterocycles. The predicted molar refractivity (Wildman–Crippen MR) is 95.2 cm³/mol. The molecule has 0 saturated carbocycles. The van der Waals surface area contributed by atoms with E-state index in [0.29, 0.717) is 18.8 Å². The standard InChI is InChI=1S/C15H23N3O4S2/c1-4-18(5-2)24(21,22)13-8-6-7-12(11-13)15(20)17-16-14(19)9-10-23-3/h6-8,11H,4-5,9-10H2,1-3H3,(H,16,19)(H,17,20). The van der Waals surface area contributed by atoms with Gasteiger partial charge in [0.25, 0.3) is 5.91 Å². The average Bonchev–Trinajstić information content (AvgIpc) is 2.58. The van der Waals surface area contributed by atoms with Crippen molar-refractivity contribution in [1.29, 1.82) is 0 Å². The number of amides is 2. The van der Waals surface area contributed by atoms with Gasteiger partial charge in [-0.15, -0.1) is 0 Å². The Labute approximate surface area is 147 Å². The molecule has 1 rings (SSSR count). The van der Waals surface area contributed by atoms with Crippen LogP contribution < -0.4 is 10.9 Å². The monoisotopic (exact) mass is 373 g/mol. The number of rotatable bonds is 8. The lowest BCUT2D eigenvalue weighted by atomic mass is 10.2. The molecule has 24 heavy (non-hydrogen) atoms. The molecule has 0 aliphatic heterocycles. The number of hydrogen-bond donors (Lipinski definition) is 2. The zero-order chi connectivity index (χ0) is 18.2. The number of hydrogen-bond acceptors (Lipinski definition) is 5. The van der Waals surface area contributed by atoms with Crippen molar-refractivity contribution in [1.82, 2.24) is 15.2 Å². The van der Waals surface area contributed by atoms with Gasteiger partial charge in [-0.25, -0.2) is 8.42 Å². The van der Waals surface area contributed by atoms with E-state index in [1.54, 1.807) is 13.8 Å². The molecule has 0 unspecified atom stereocenters. The third-order valence-electron chi connectivity index (χ3n) is 3.29. The summed E-state index contributed by atoms with van der Waals surface area (Å²) < 4.78 is 26.3. The Morgan fingerprint density at radius 2 is 1.83 bits per heavy atom. The molecule has 0 bridgehead atoms. The van der Waals surface area contributed by atoms with Crippen LogP contribution in [0.4, 0.5) is 0 Å². The molecule has 1 aromatic carbocycles. The highest BCUT2D eigenvalue weighted by molar-refractivity contribution is 7.98. The lowest BCUT2D eigenvalue weighted by Crippen LogP contribution is -2.41. The summed E-state index contributed by atoms with van der Waals surface area (Å²) in [6, 6.07) is 5.74. The number of benzene rings is 1. The van der Waals surface area contributed by atoms with Crippen LogP contribution in [-0.2, 0) is 14.8 Å². The van der Waals surface area contributed by atoms with Crippen molar-refractivity contribution < 1.29 is 18.0 Å². The van der Waals surface area contributed by atoms with E-state index >= 15 is 0 Å². The number of hydrazine groups is 1. The molecule has 0 atom stereocenters. The van der Waals surface area contributed by atoms with Crippen molar-refractivity contribution in [2.24, 2.45) is 0 Å². The molecule has 134 valence electrons. The minimum Gasteiger partial charge on any atom is -0.273 e. The minimum atomic E-state index is -3.64. The summed E-state index contributed by atoms with van der Waals surface area (Å²) >= 11 is 1.53. The van der Waals surface area contributed by atoms with E-state index in [0.717, 1.165) is 0 Å². The van der Waals surface area contributed by atoms with E-state index in [9.17, 15) is 18.0 Å². The normalized spacial score (nSPS) is 11.3. The molecule has 2 N–H and O–H groups in total. The van der Waals surface area contributed by atoms with Gasteiger partial charge in [-0.3, -0.25) is 20.4 Å². The Kier molecular flexibility index (Phi) is 8.23. The molecule has 9 heteroatoms. The lowest BCUT2D eigenvalue weighted by molar-refractivity contribution is -0.121. The van der Waals surface area contributed by atoms with Gasteiger partial charge >= 0.3 is 0 Å². The molecule has 0 fully saturated rings. The molecule has 0 aliphatic rings. The van der Waals surface area contributed by atoms with Gasteiger partial charge in [-0.05, 0) is 24.5 Å². The molecule has 0 aliphatic carbocycles. The van der Waals surface area contributed by atoms with Crippen molar-refractivity contribution >= 4 is 33.6 Å². The van der Waals surface area contributed by atoms with E-state index < -0.39 is 15.9 Å². The van der Waals surface area contributed by atoms with Gasteiger partial charge in [0, 0.05) is 30.8 Å². The zero-order valence-corrected chi connectivity index (χ0v) is 15.7. The van der Waals surface area contributed by atoms with E-state index in [1.165, 1.54) is 40.3 Å². The third kappa shape index (κ3) is 5.50. The Balaban J connectivity index is 2.85. The summed E-state index contributed by atoms with van der Waals surface area (Å²) in [5, 5.41) is 0. The Bertz CT molecular complexity index is 673. The highest BCUT2D eigenvalue weighted by Gasteiger charge is 2.22. The minimum absolute atomic E-state index is 0.0487. The van der Waals surface area contributed by atoms with E-state index in [-0.39, 0.29) is 22.8 Å². The van der Waals surface area contributed by atoms with Crippen molar-refractivity contribution in [2.75, 3.05) is 25.1 Å². The van der Waals surface area contributed by atoms with Crippen LogP contribution in [0, 0.1) is 0 Å². The fourth-order valence-corrected chi connectivity index (χ4v) is 3.86. The maximum absolute atomic E-state index is 12.5.